The van der Waals surface area contributed by atoms with E-state index in [4.69, 9.17) is 9.15 Å². The number of fused-ring (bicyclic) bond motifs is 1. The highest BCUT2D eigenvalue weighted by atomic mass is 16.5. The summed E-state index contributed by atoms with van der Waals surface area (Å²) in [5.41, 5.74) is 1.91. The Morgan fingerprint density at radius 2 is 2.21 bits per heavy atom. The Labute approximate surface area is 168 Å². The maximum atomic E-state index is 13.4. The number of furan rings is 1. The van der Waals surface area contributed by atoms with Crippen LogP contribution in [-0.2, 0) is 4.74 Å². The van der Waals surface area contributed by atoms with Crippen molar-refractivity contribution in [3.63, 3.8) is 0 Å². The van der Waals surface area contributed by atoms with Crippen LogP contribution in [0.2, 0.25) is 0 Å². The number of nitrogens with zero attached hydrogens (tertiary/aromatic N) is 4. The predicted octanol–water partition coefficient (Wildman–Crippen LogP) is 3.10. The third-order valence-corrected chi connectivity index (χ3v) is 5.61. The summed E-state index contributed by atoms with van der Waals surface area (Å²) in [6.45, 7) is 5.43. The third kappa shape index (κ3) is 3.44. The molecule has 8 heteroatoms. The quantitative estimate of drug-likeness (QED) is 0.728. The summed E-state index contributed by atoms with van der Waals surface area (Å²) in [6.07, 6.45) is 6.96. The summed E-state index contributed by atoms with van der Waals surface area (Å²) in [5.74, 6) is 1.18. The zero-order valence-electron chi connectivity index (χ0n) is 16.5. The van der Waals surface area contributed by atoms with Gasteiger partial charge in [-0.25, -0.2) is 4.98 Å². The topological polar surface area (TPSA) is 93.4 Å². The lowest BCUT2D eigenvalue weighted by atomic mass is 10.1. The molecule has 0 radical (unpaired) electrons. The second-order valence-electron chi connectivity index (χ2n) is 8.03. The van der Waals surface area contributed by atoms with E-state index in [1.165, 1.54) is 6.26 Å². The molecule has 0 bridgehead atoms. The molecule has 0 aromatic carbocycles. The molecule has 1 N–H and O–H groups in total. The molecule has 1 unspecified atom stereocenters. The number of anilines is 1. The van der Waals surface area contributed by atoms with E-state index < -0.39 is 0 Å². The number of aryl methyl sites for hydroxylation is 1. The minimum Gasteiger partial charge on any atom is -0.445 e. The average molecular weight is 393 g/mol. The van der Waals surface area contributed by atoms with Gasteiger partial charge in [-0.05, 0) is 32.8 Å². The van der Waals surface area contributed by atoms with Gasteiger partial charge < -0.3 is 19.4 Å². The summed E-state index contributed by atoms with van der Waals surface area (Å²) in [4.78, 5) is 28.3. The van der Waals surface area contributed by atoms with Crippen molar-refractivity contribution >= 4 is 22.8 Å². The molecule has 2 fully saturated rings. The van der Waals surface area contributed by atoms with E-state index >= 15 is 0 Å². The van der Waals surface area contributed by atoms with Crippen LogP contribution in [0.4, 0.5) is 5.82 Å². The molecule has 3 aromatic heterocycles. The summed E-state index contributed by atoms with van der Waals surface area (Å²) in [7, 11) is 0. The number of rotatable bonds is 4. The molecule has 5 rings (SSSR count). The van der Waals surface area contributed by atoms with E-state index in [1.807, 2.05) is 19.1 Å². The van der Waals surface area contributed by atoms with Crippen LogP contribution in [0.3, 0.4) is 0 Å². The first-order chi connectivity index (χ1) is 14.0. The maximum absolute atomic E-state index is 13.4. The molecule has 150 valence electrons. The molecular formula is C21H23N5O3. The first kappa shape index (κ1) is 18.1. The van der Waals surface area contributed by atoms with Crippen LogP contribution in [0.15, 0.2) is 35.2 Å². The number of ether oxygens (including phenoxy) is 1. The Bertz CT molecular complexity index is 1060. The van der Waals surface area contributed by atoms with Crippen molar-refractivity contribution in [2.45, 2.75) is 38.3 Å². The van der Waals surface area contributed by atoms with E-state index in [2.05, 4.69) is 27.2 Å². The Hall–Kier alpha value is -3.00. The highest BCUT2D eigenvalue weighted by molar-refractivity contribution is 6.09. The lowest BCUT2D eigenvalue weighted by Crippen LogP contribution is -2.42. The predicted molar refractivity (Wildman–Crippen MR) is 107 cm³/mol. The van der Waals surface area contributed by atoms with Crippen molar-refractivity contribution in [3.8, 4) is 0 Å². The van der Waals surface area contributed by atoms with Crippen molar-refractivity contribution in [1.82, 2.24) is 19.9 Å². The van der Waals surface area contributed by atoms with Crippen molar-refractivity contribution in [1.29, 1.82) is 0 Å². The molecule has 1 atom stereocenters. The SMILES string of the molecule is Cc1nc(NC2(C)CC2)c2c(C(=O)N3CCOC(c4cccnc4)C3)coc2n1. The fourth-order valence-electron chi connectivity index (χ4n) is 3.67. The van der Waals surface area contributed by atoms with Crippen molar-refractivity contribution in [3.05, 3.63) is 47.7 Å². The highest BCUT2D eigenvalue weighted by Crippen LogP contribution is 2.40. The lowest BCUT2D eigenvalue weighted by molar-refractivity contribution is -0.0229. The van der Waals surface area contributed by atoms with Gasteiger partial charge in [0.2, 0.25) is 5.71 Å². The van der Waals surface area contributed by atoms with E-state index in [0.717, 1.165) is 18.4 Å². The molecule has 0 spiro atoms. The smallest absolute Gasteiger partial charge is 0.258 e. The number of carbonyl (C=O) groups excluding carboxylic acids is 1. The van der Waals surface area contributed by atoms with Gasteiger partial charge in [-0.1, -0.05) is 6.07 Å². The first-order valence-corrected chi connectivity index (χ1v) is 9.87. The van der Waals surface area contributed by atoms with E-state index in [9.17, 15) is 4.79 Å². The maximum Gasteiger partial charge on any atom is 0.258 e. The van der Waals surface area contributed by atoms with Gasteiger partial charge in [0.1, 0.15) is 24.0 Å². The van der Waals surface area contributed by atoms with Crippen LogP contribution in [0.25, 0.3) is 11.1 Å². The third-order valence-electron chi connectivity index (χ3n) is 5.61. The highest BCUT2D eigenvalue weighted by Gasteiger charge is 2.39. The van der Waals surface area contributed by atoms with E-state index in [1.54, 1.807) is 17.3 Å². The monoisotopic (exact) mass is 393 g/mol. The minimum atomic E-state index is -0.193. The van der Waals surface area contributed by atoms with Crippen LogP contribution >= 0.6 is 0 Å². The van der Waals surface area contributed by atoms with Gasteiger partial charge in [-0.15, -0.1) is 0 Å². The largest absolute Gasteiger partial charge is 0.445 e. The van der Waals surface area contributed by atoms with Gasteiger partial charge in [-0.3, -0.25) is 9.78 Å². The van der Waals surface area contributed by atoms with Crippen LogP contribution in [0, 0.1) is 6.92 Å². The molecule has 1 aliphatic heterocycles. The summed E-state index contributed by atoms with van der Waals surface area (Å²) in [6, 6.07) is 3.84. The Balaban J connectivity index is 1.46. The van der Waals surface area contributed by atoms with Gasteiger partial charge >= 0.3 is 0 Å². The van der Waals surface area contributed by atoms with Gasteiger partial charge in [0.05, 0.1) is 24.1 Å². The van der Waals surface area contributed by atoms with Crippen molar-refractivity contribution in [2.75, 3.05) is 25.0 Å². The molecule has 3 aromatic rings. The summed E-state index contributed by atoms with van der Waals surface area (Å²) < 4.78 is 11.5. The van der Waals surface area contributed by atoms with Crippen molar-refractivity contribution in [2.24, 2.45) is 0 Å². The zero-order chi connectivity index (χ0) is 20.0. The number of amides is 1. The lowest BCUT2D eigenvalue weighted by Gasteiger charge is -2.33. The number of pyridine rings is 1. The molecule has 1 aliphatic carbocycles. The fraction of sp³-hybridized carbons (Fsp3) is 0.429. The Kier molecular flexibility index (Phi) is 4.24. The molecule has 1 amide bonds. The first-order valence-electron chi connectivity index (χ1n) is 9.87. The van der Waals surface area contributed by atoms with Crippen LogP contribution < -0.4 is 5.32 Å². The number of aromatic nitrogens is 3. The zero-order valence-corrected chi connectivity index (χ0v) is 16.5. The number of carbonyl (C=O) groups is 1. The van der Waals surface area contributed by atoms with E-state index in [-0.39, 0.29) is 17.6 Å². The van der Waals surface area contributed by atoms with E-state index in [0.29, 0.717) is 48.0 Å². The summed E-state index contributed by atoms with van der Waals surface area (Å²) in [5, 5.41) is 4.13. The van der Waals surface area contributed by atoms with Gasteiger partial charge in [0.25, 0.3) is 5.91 Å². The van der Waals surface area contributed by atoms with Crippen LogP contribution in [-0.4, -0.2) is 51.0 Å². The van der Waals surface area contributed by atoms with Crippen LogP contribution in [0.1, 0.15) is 47.6 Å². The molecule has 1 saturated heterocycles. The molecule has 8 nitrogen and oxygen atoms in total. The van der Waals surface area contributed by atoms with Crippen LogP contribution in [0.5, 0.6) is 0 Å². The fourth-order valence-corrected chi connectivity index (χ4v) is 3.67. The number of hydrogen-bond acceptors (Lipinski definition) is 7. The van der Waals surface area contributed by atoms with Gasteiger partial charge in [0.15, 0.2) is 0 Å². The normalized spacial score (nSPS) is 20.6. The molecular weight excluding hydrogens is 370 g/mol. The van der Waals surface area contributed by atoms with Crippen molar-refractivity contribution < 1.29 is 13.9 Å². The number of nitrogens with one attached hydrogen (secondary N) is 1. The molecule has 29 heavy (non-hydrogen) atoms. The minimum absolute atomic E-state index is 0.0235. The standard InChI is InChI=1S/C21H23N5O3/c1-13-23-18(25-21(2)5-6-21)17-15(12-29-19(17)24-13)20(27)26-8-9-28-16(11-26)14-4-3-7-22-10-14/h3-4,7,10,12,16H,5-6,8-9,11H2,1-2H3,(H,23,24,25). The molecule has 2 aliphatic rings. The molecule has 1 saturated carbocycles. The second kappa shape index (κ2) is 6.81. The second-order valence-corrected chi connectivity index (χ2v) is 8.03. The van der Waals surface area contributed by atoms with Gasteiger partial charge in [-0.2, -0.15) is 4.98 Å². The Morgan fingerprint density at radius 3 is 2.97 bits per heavy atom. The average Bonchev–Trinajstić information content (AvgIpc) is 3.30. The Morgan fingerprint density at radius 1 is 1.34 bits per heavy atom. The molecule has 4 heterocycles. The number of morpholine rings is 1. The van der Waals surface area contributed by atoms with Gasteiger partial charge in [0, 0.05) is 30.0 Å². The summed E-state index contributed by atoms with van der Waals surface area (Å²) >= 11 is 0. The number of hydrogen-bond donors (Lipinski definition) is 1.